The molecule has 1 fully saturated rings. The van der Waals surface area contributed by atoms with E-state index in [0.717, 1.165) is 25.7 Å². The number of hydrogen-bond acceptors (Lipinski definition) is 3. The zero-order chi connectivity index (χ0) is 14.5. The van der Waals surface area contributed by atoms with Gasteiger partial charge in [-0.3, -0.25) is 4.79 Å². The zero-order valence-electron chi connectivity index (χ0n) is 11.8. The molecule has 0 aliphatic carbocycles. The molecule has 112 valence electrons. The monoisotopic (exact) mass is 291 g/mol. The minimum Gasteiger partial charge on any atom is -0.369 e. The summed E-state index contributed by atoms with van der Waals surface area (Å²) in [5, 5.41) is 0. The molecule has 0 spiro atoms. The summed E-state index contributed by atoms with van der Waals surface area (Å²) >= 11 is 0. The number of amides is 1. The van der Waals surface area contributed by atoms with Gasteiger partial charge < -0.3 is 5.73 Å². The molecule has 7 heteroatoms. The van der Waals surface area contributed by atoms with E-state index in [9.17, 15) is 13.2 Å². The molecule has 19 heavy (non-hydrogen) atoms. The molecule has 1 rings (SSSR count). The molecule has 0 aromatic carbocycles. The van der Waals surface area contributed by atoms with Gasteiger partial charge in [0.2, 0.25) is 5.91 Å². The number of rotatable bonds is 6. The van der Waals surface area contributed by atoms with Crippen LogP contribution < -0.4 is 5.73 Å². The third-order valence-electron chi connectivity index (χ3n) is 3.12. The molecule has 2 N–H and O–H groups in total. The van der Waals surface area contributed by atoms with Crippen LogP contribution in [-0.2, 0) is 15.0 Å². The number of hydrogen-bond donors (Lipinski definition) is 1. The lowest BCUT2D eigenvalue weighted by molar-refractivity contribution is -0.118. The maximum atomic E-state index is 12.6. The van der Waals surface area contributed by atoms with E-state index in [1.165, 1.54) is 8.61 Å². The Balaban J connectivity index is 2.86. The molecule has 0 aromatic heterocycles. The third-order valence-corrected chi connectivity index (χ3v) is 5.07. The van der Waals surface area contributed by atoms with E-state index in [0.29, 0.717) is 19.6 Å². The van der Waals surface area contributed by atoms with E-state index < -0.39 is 16.1 Å². The number of primary amides is 1. The van der Waals surface area contributed by atoms with Gasteiger partial charge in [0.1, 0.15) is 0 Å². The number of nitrogens with two attached hydrogens (primary N) is 1. The molecule has 0 unspecified atom stereocenters. The van der Waals surface area contributed by atoms with E-state index in [-0.39, 0.29) is 12.5 Å². The van der Waals surface area contributed by atoms with Crippen molar-refractivity contribution in [2.24, 2.45) is 11.7 Å². The zero-order valence-corrected chi connectivity index (χ0v) is 12.7. The van der Waals surface area contributed by atoms with Crippen LogP contribution in [-0.4, -0.2) is 49.1 Å². The summed E-state index contributed by atoms with van der Waals surface area (Å²) in [6.07, 6.45) is 3.88. The van der Waals surface area contributed by atoms with Crippen LogP contribution in [0.5, 0.6) is 0 Å². The number of carbonyl (C=O) groups is 1. The Bertz CT molecular complexity index is 387. The second-order valence-corrected chi connectivity index (χ2v) is 7.40. The number of nitrogens with zero attached hydrogens (tertiary/aromatic N) is 2. The molecule has 1 saturated heterocycles. The Morgan fingerprint density at radius 3 is 2.16 bits per heavy atom. The van der Waals surface area contributed by atoms with Gasteiger partial charge in [-0.2, -0.15) is 17.0 Å². The average molecular weight is 291 g/mol. The van der Waals surface area contributed by atoms with Crippen LogP contribution in [0.1, 0.15) is 39.5 Å². The van der Waals surface area contributed by atoms with E-state index in [2.05, 4.69) is 0 Å². The molecule has 1 amide bonds. The van der Waals surface area contributed by atoms with Crippen LogP contribution in [0.25, 0.3) is 0 Å². The normalized spacial score (nSPS) is 18.7. The van der Waals surface area contributed by atoms with E-state index in [4.69, 9.17) is 5.73 Å². The molecule has 1 aliphatic rings. The molecule has 1 heterocycles. The molecule has 0 radical (unpaired) electrons. The van der Waals surface area contributed by atoms with Gasteiger partial charge >= 0.3 is 0 Å². The fraction of sp³-hybridized carbons (Fsp3) is 0.917. The molecular formula is C12H25N3O3S. The maximum absolute atomic E-state index is 12.6. The lowest BCUT2D eigenvalue weighted by Crippen LogP contribution is -2.48. The first-order chi connectivity index (χ1) is 8.84. The highest BCUT2D eigenvalue weighted by molar-refractivity contribution is 7.86. The third kappa shape index (κ3) is 5.08. The van der Waals surface area contributed by atoms with E-state index in [1.807, 2.05) is 13.8 Å². The molecule has 0 aromatic rings. The summed E-state index contributed by atoms with van der Waals surface area (Å²) in [4.78, 5) is 11.1. The minimum atomic E-state index is -3.57. The second-order valence-electron chi connectivity index (χ2n) is 5.47. The van der Waals surface area contributed by atoms with Crippen LogP contribution in [0.3, 0.4) is 0 Å². The highest BCUT2D eigenvalue weighted by atomic mass is 32.2. The van der Waals surface area contributed by atoms with Gasteiger partial charge in [-0.25, -0.2) is 0 Å². The van der Waals surface area contributed by atoms with Crippen LogP contribution in [0, 0.1) is 5.92 Å². The van der Waals surface area contributed by atoms with Crippen LogP contribution in [0.4, 0.5) is 0 Å². The van der Waals surface area contributed by atoms with Gasteiger partial charge in [0.15, 0.2) is 0 Å². The quantitative estimate of drug-likeness (QED) is 0.775. The van der Waals surface area contributed by atoms with Crippen molar-refractivity contribution in [2.75, 3.05) is 26.2 Å². The van der Waals surface area contributed by atoms with Crippen LogP contribution in [0.15, 0.2) is 0 Å². The van der Waals surface area contributed by atoms with Gasteiger partial charge in [-0.15, -0.1) is 0 Å². The van der Waals surface area contributed by atoms with Gasteiger partial charge in [0.05, 0.1) is 6.54 Å². The topological polar surface area (TPSA) is 83.7 Å². The summed E-state index contributed by atoms with van der Waals surface area (Å²) < 4.78 is 27.8. The van der Waals surface area contributed by atoms with Crippen molar-refractivity contribution in [1.29, 1.82) is 0 Å². The van der Waals surface area contributed by atoms with Gasteiger partial charge in [-0.05, 0) is 18.8 Å². The fourth-order valence-corrected chi connectivity index (χ4v) is 4.08. The summed E-state index contributed by atoms with van der Waals surface area (Å²) in [6, 6.07) is 0. The molecule has 1 aliphatic heterocycles. The predicted octanol–water partition coefficient (Wildman–Crippen LogP) is 0.551. The van der Waals surface area contributed by atoms with Crippen molar-refractivity contribution in [1.82, 2.24) is 8.61 Å². The largest absolute Gasteiger partial charge is 0.369 e. The van der Waals surface area contributed by atoms with Gasteiger partial charge in [-0.1, -0.05) is 26.7 Å². The first-order valence-corrected chi connectivity index (χ1v) is 8.27. The van der Waals surface area contributed by atoms with Crippen molar-refractivity contribution >= 4 is 16.1 Å². The van der Waals surface area contributed by atoms with Gasteiger partial charge in [0.25, 0.3) is 10.2 Å². The summed E-state index contributed by atoms with van der Waals surface area (Å²) in [5.41, 5.74) is 5.16. The highest BCUT2D eigenvalue weighted by Gasteiger charge is 2.31. The van der Waals surface area contributed by atoms with Crippen molar-refractivity contribution in [3.63, 3.8) is 0 Å². The van der Waals surface area contributed by atoms with Crippen LogP contribution in [0.2, 0.25) is 0 Å². The highest BCUT2D eigenvalue weighted by Crippen LogP contribution is 2.17. The first kappa shape index (κ1) is 16.4. The molecule has 0 saturated carbocycles. The Morgan fingerprint density at radius 1 is 1.21 bits per heavy atom. The first-order valence-electron chi connectivity index (χ1n) is 6.87. The molecule has 0 atom stereocenters. The average Bonchev–Trinajstić information content (AvgIpc) is 2.55. The van der Waals surface area contributed by atoms with Gasteiger partial charge in [0, 0.05) is 19.6 Å². The maximum Gasteiger partial charge on any atom is 0.282 e. The molecule has 6 nitrogen and oxygen atoms in total. The Kier molecular flexibility index (Phi) is 6.22. The molecule has 0 bridgehead atoms. The number of carbonyl (C=O) groups excluding carboxylic acids is 1. The summed E-state index contributed by atoms with van der Waals surface area (Å²) in [5.74, 6) is -0.458. The van der Waals surface area contributed by atoms with Crippen molar-refractivity contribution in [2.45, 2.75) is 39.5 Å². The van der Waals surface area contributed by atoms with E-state index in [1.54, 1.807) is 0 Å². The Morgan fingerprint density at radius 2 is 1.74 bits per heavy atom. The Hall–Kier alpha value is -0.660. The molecular weight excluding hydrogens is 266 g/mol. The van der Waals surface area contributed by atoms with Crippen molar-refractivity contribution in [3.8, 4) is 0 Å². The lowest BCUT2D eigenvalue weighted by Gasteiger charge is -2.29. The predicted molar refractivity (Wildman–Crippen MR) is 74.6 cm³/mol. The Labute approximate surface area is 116 Å². The van der Waals surface area contributed by atoms with Crippen LogP contribution >= 0.6 is 0 Å². The fourth-order valence-electron chi connectivity index (χ4n) is 2.26. The smallest absolute Gasteiger partial charge is 0.282 e. The van der Waals surface area contributed by atoms with Crippen molar-refractivity contribution < 1.29 is 13.2 Å². The SMILES string of the molecule is CC(C)CN(CC(N)=O)S(=O)(=O)N1CCCCCC1. The summed E-state index contributed by atoms with van der Waals surface area (Å²) in [6.45, 7) is 5.00. The van der Waals surface area contributed by atoms with E-state index >= 15 is 0 Å². The summed E-state index contributed by atoms with van der Waals surface area (Å²) in [7, 11) is -3.57. The van der Waals surface area contributed by atoms with Crippen molar-refractivity contribution in [3.05, 3.63) is 0 Å². The second kappa shape index (κ2) is 7.21. The standard InChI is InChI=1S/C12H25N3O3S/c1-11(2)9-15(10-12(13)16)19(17,18)14-7-5-3-4-6-8-14/h11H,3-10H2,1-2H3,(H2,13,16). The lowest BCUT2D eigenvalue weighted by atomic mass is 10.2. The minimum absolute atomic E-state index is 0.154.